The molecular formula is C13H17Cl2NOS. The highest BCUT2D eigenvalue weighted by molar-refractivity contribution is 8.00. The number of hydrogen-bond acceptors (Lipinski definition) is 2. The fourth-order valence-corrected chi connectivity index (χ4v) is 3.10. The van der Waals surface area contributed by atoms with Crippen molar-refractivity contribution in [1.29, 1.82) is 0 Å². The summed E-state index contributed by atoms with van der Waals surface area (Å²) in [6.07, 6.45) is 0. The third-order valence-electron chi connectivity index (χ3n) is 2.62. The molecule has 1 unspecified atom stereocenters. The molecule has 0 heterocycles. The monoisotopic (exact) mass is 305 g/mol. The average Bonchev–Trinajstić information content (AvgIpc) is 2.35. The van der Waals surface area contributed by atoms with Crippen LogP contribution in [0.2, 0.25) is 10.0 Å². The van der Waals surface area contributed by atoms with Crippen LogP contribution in [0, 0.1) is 0 Å². The Hall–Kier alpha value is -0.380. The molecule has 0 radical (unpaired) electrons. The van der Waals surface area contributed by atoms with Crippen LogP contribution in [0.4, 0.5) is 0 Å². The van der Waals surface area contributed by atoms with Crippen LogP contribution in [-0.4, -0.2) is 29.1 Å². The van der Waals surface area contributed by atoms with Gasteiger partial charge in [-0.3, -0.25) is 4.79 Å². The number of amides is 1. The van der Waals surface area contributed by atoms with E-state index < -0.39 is 0 Å². The number of halogens is 2. The average molecular weight is 306 g/mol. The van der Waals surface area contributed by atoms with Crippen LogP contribution in [-0.2, 0) is 4.79 Å². The SMILES string of the molecule is CCN(CC)C(=O)C(C)Sc1cc(Cl)ccc1Cl. The summed E-state index contributed by atoms with van der Waals surface area (Å²) >= 11 is 13.5. The largest absolute Gasteiger partial charge is 0.342 e. The third kappa shape index (κ3) is 4.08. The van der Waals surface area contributed by atoms with Crippen LogP contribution < -0.4 is 0 Å². The molecule has 0 fully saturated rings. The summed E-state index contributed by atoms with van der Waals surface area (Å²) in [5, 5.41) is 1.09. The number of benzene rings is 1. The molecule has 1 rings (SSSR count). The van der Waals surface area contributed by atoms with E-state index in [-0.39, 0.29) is 11.2 Å². The van der Waals surface area contributed by atoms with Crippen molar-refractivity contribution in [3.05, 3.63) is 28.2 Å². The van der Waals surface area contributed by atoms with Gasteiger partial charge in [-0.15, -0.1) is 11.8 Å². The van der Waals surface area contributed by atoms with Crippen LogP contribution in [0.3, 0.4) is 0 Å². The zero-order valence-corrected chi connectivity index (χ0v) is 13.1. The van der Waals surface area contributed by atoms with Crippen molar-refractivity contribution in [2.45, 2.75) is 30.9 Å². The van der Waals surface area contributed by atoms with E-state index >= 15 is 0 Å². The van der Waals surface area contributed by atoms with E-state index in [0.717, 1.165) is 18.0 Å². The standard InChI is InChI=1S/C13H17Cl2NOS/c1-4-16(5-2)13(17)9(3)18-12-8-10(14)6-7-11(12)15/h6-9H,4-5H2,1-3H3. The van der Waals surface area contributed by atoms with E-state index in [9.17, 15) is 4.79 Å². The van der Waals surface area contributed by atoms with Gasteiger partial charge >= 0.3 is 0 Å². The Kier molecular flexibility index (Phi) is 6.33. The van der Waals surface area contributed by atoms with Gasteiger partial charge in [0, 0.05) is 23.0 Å². The fourth-order valence-electron chi connectivity index (χ4n) is 1.60. The zero-order chi connectivity index (χ0) is 13.7. The number of nitrogens with zero attached hydrogens (tertiary/aromatic N) is 1. The van der Waals surface area contributed by atoms with Gasteiger partial charge in [0.1, 0.15) is 0 Å². The van der Waals surface area contributed by atoms with Gasteiger partial charge in [-0.25, -0.2) is 0 Å². The van der Waals surface area contributed by atoms with Crippen molar-refractivity contribution in [3.8, 4) is 0 Å². The molecule has 0 saturated heterocycles. The Labute approximate surface area is 123 Å². The van der Waals surface area contributed by atoms with E-state index in [2.05, 4.69) is 0 Å². The van der Waals surface area contributed by atoms with Crippen molar-refractivity contribution in [1.82, 2.24) is 4.90 Å². The summed E-state index contributed by atoms with van der Waals surface area (Å²) in [7, 11) is 0. The highest BCUT2D eigenvalue weighted by atomic mass is 35.5. The van der Waals surface area contributed by atoms with Crippen LogP contribution in [0.25, 0.3) is 0 Å². The zero-order valence-electron chi connectivity index (χ0n) is 10.7. The minimum Gasteiger partial charge on any atom is -0.342 e. The van der Waals surface area contributed by atoms with Crippen molar-refractivity contribution >= 4 is 40.9 Å². The highest BCUT2D eigenvalue weighted by Gasteiger charge is 2.20. The molecule has 1 atom stereocenters. The number of rotatable bonds is 5. The van der Waals surface area contributed by atoms with Crippen LogP contribution in [0.1, 0.15) is 20.8 Å². The Bertz CT molecular complexity index is 421. The third-order valence-corrected chi connectivity index (χ3v) is 4.44. The van der Waals surface area contributed by atoms with Gasteiger partial charge in [-0.1, -0.05) is 23.2 Å². The van der Waals surface area contributed by atoms with Crippen LogP contribution in [0.5, 0.6) is 0 Å². The summed E-state index contributed by atoms with van der Waals surface area (Å²) < 4.78 is 0. The van der Waals surface area contributed by atoms with E-state index in [4.69, 9.17) is 23.2 Å². The summed E-state index contributed by atoms with van der Waals surface area (Å²) in [5.74, 6) is 0.126. The van der Waals surface area contributed by atoms with Gasteiger partial charge in [0.05, 0.1) is 10.3 Å². The van der Waals surface area contributed by atoms with Crippen LogP contribution in [0.15, 0.2) is 23.1 Å². The van der Waals surface area contributed by atoms with Crippen molar-refractivity contribution in [2.75, 3.05) is 13.1 Å². The molecule has 1 aromatic rings. The molecule has 1 amide bonds. The minimum absolute atomic E-state index is 0.126. The molecule has 0 aliphatic heterocycles. The first-order valence-electron chi connectivity index (χ1n) is 5.90. The summed E-state index contributed by atoms with van der Waals surface area (Å²) in [4.78, 5) is 14.8. The minimum atomic E-state index is -0.166. The van der Waals surface area contributed by atoms with Crippen molar-refractivity contribution in [2.24, 2.45) is 0 Å². The second kappa shape index (κ2) is 7.27. The Morgan fingerprint density at radius 3 is 2.50 bits per heavy atom. The molecular weight excluding hydrogens is 289 g/mol. The molecule has 0 saturated carbocycles. The van der Waals surface area contributed by atoms with E-state index in [1.165, 1.54) is 11.8 Å². The summed E-state index contributed by atoms with van der Waals surface area (Å²) in [6, 6.07) is 5.28. The summed E-state index contributed by atoms with van der Waals surface area (Å²) in [5.41, 5.74) is 0. The highest BCUT2D eigenvalue weighted by Crippen LogP contribution is 2.33. The molecule has 0 aromatic heterocycles. The quantitative estimate of drug-likeness (QED) is 0.754. The Balaban J connectivity index is 2.77. The number of carbonyl (C=O) groups excluding carboxylic acids is 1. The maximum absolute atomic E-state index is 12.1. The predicted octanol–water partition coefficient (Wildman–Crippen LogP) is 4.34. The molecule has 100 valence electrons. The normalized spacial score (nSPS) is 12.3. The first-order valence-corrected chi connectivity index (χ1v) is 7.53. The molecule has 0 spiro atoms. The molecule has 5 heteroatoms. The van der Waals surface area contributed by atoms with Gasteiger partial charge in [0.2, 0.25) is 5.91 Å². The molecule has 0 aliphatic carbocycles. The lowest BCUT2D eigenvalue weighted by atomic mass is 10.3. The second-order valence-electron chi connectivity index (χ2n) is 3.85. The van der Waals surface area contributed by atoms with Gasteiger partial charge in [0.25, 0.3) is 0 Å². The molecule has 0 aliphatic rings. The van der Waals surface area contributed by atoms with Gasteiger partial charge in [-0.05, 0) is 39.0 Å². The number of hydrogen-bond donors (Lipinski definition) is 0. The molecule has 0 bridgehead atoms. The Morgan fingerprint density at radius 1 is 1.33 bits per heavy atom. The lowest BCUT2D eigenvalue weighted by Crippen LogP contribution is -2.36. The maximum Gasteiger partial charge on any atom is 0.235 e. The first kappa shape index (κ1) is 15.7. The molecule has 1 aromatic carbocycles. The predicted molar refractivity (Wildman–Crippen MR) is 79.7 cm³/mol. The molecule has 18 heavy (non-hydrogen) atoms. The van der Waals surface area contributed by atoms with E-state index in [0.29, 0.717) is 10.0 Å². The van der Waals surface area contributed by atoms with Gasteiger partial charge < -0.3 is 4.90 Å². The van der Waals surface area contributed by atoms with E-state index in [1.54, 1.807) is 18.2 Å². The lowest BCUT2D eigenvalue weighted by Gasteiger charge is -2.22. The van der Waals surface area contributed by atoms with Crippen molar-refractivity contribution in [3.63, 3.8) is 0 Å². The maximum atomic E-state index is 12.1. The number of carbonyl (C=O) groups is 1. The van der Waals surface area contributed by atoms with Gasteiger partial charge in [-0.2, -0.15) is 0 Å². The Morgan fingerprint density at radius 2 is 1.94 bits per heavy atom. The smallest absolute Gasteiger partial charge is 0.235 e. The first-order chi connectivity index (χ1) is 8.49. The second-order valence-corrected chi connectivity index (χ2v) is 6.07. The lowest BCUT2D eigenvalue weighted by molar-refractivity contribution is -0.129. The topological polar surface area (TPSA) is 20.3 Å². The molecule has 0 N–H and O–H groups in total. The van der Waals surface area contributed by atoms with Crippen molar-refractivity contribution < 1.29 is 4.79 Å². The van der Waals surface area contributed by atoms with E-state index in [1.807, 2.05) is 25.7 Å². The fraction of sp³-hybridized carbons (Fsp3) is 0.462. The van der Waals surface area contributed by atoms with Gasteiger partial charge in [0.15, 0.2) is 0 Å². The number of thioether (sulfide) groups is 1. The molecule has 2 nitrogen and oxygen atoms in total. The summed E-state index contributed by atoms with van der Waals surface area (Å²) in [6.45, 7) is 7.30. The van der Waals surface area contributed by atoms with Crippen LogP contribution >= 0.6 is 35.0 Å².